The third kappa shape index (κ3) is 3.77. The summed E-state index contributed by atoms with van der Waals surface area (Å²) in [5.74, 6) is -0.690. The Morgan fingerprint density at radius 2 is 1.65 bits per heavy atom. The summed E-state index contributed by atoms with van der Waals surface area (Å²) in [6.07, 6.45) is 1.00. The van der Waals surface area contributed by atoms with Crippen molar-refractivity contribution in [3.05, 3.63) is 65.2 Å². The summed E-state index contributed by atoms with van der Waals surface area (Å²) in [5.41, 5.74) is 0.697. The fourth-order valence-electron chi connectivity index (χ4n) is 2.00. The highest BCUT2D eigenvalue weighted by Gasteiger charge is 2.13. The molecule has 23 heavy (non-hydrogen) atoms. The number of hydrogen-bond acceptors (Lipinski definition) is 5. The molecule has 0 saturated heterocycles. The highest BCUT2D eigenvalue weighted by atomic mass is 16.5. The van der Waals surface area contributed by atoms with E-state index in [1.54, 1.807) is 24.3 Å². The number of phenolic OH excluding ortho intramolecular Hbond substituents is 1. The first-order valence-corrected chi connectivity index (χ1v) is 6.85. The van der Waals surface area contributed by atoms with Crippen molar-refractivity contribution in [1.82, 2.24) is 0 Å². The van der Waals surface area contributed by atoms with Gasteiger partial charge in [0.2, 0.25) is 0 Å². The van der Waals surface area contributed by atoms with Gasteiger partial charge in [0.25, 0.3) is 0 Å². The maximum Gasteiger partial charge on any atom is 0.193 e. The Labute approximate surface area is 133 Å². The molecule has 0 fully saturated rings. The van der Waals surface area contributed by atoms with Crippen molar-refractivity contribution in [1.29, 1.82) is 0 Å². The minimum Gasteiger partial charge on any atom is -0.507 e. The SMILES string of the molecule is COc1ccc(/C(O)=C/C(=O)c2cc(C(C)=O)ccc2O)cc1. The molecule has 0 heterocycles. The molecule has 0 aliphatic heterocycles. The van der Waals surface area contributed by atoms with Gasteiger partial charge in [0.15, 0.2) is 11.6 Å². The van der Waals surface area contributed by atoms with Crippen molar-refractivity contribution >= 4 is 17.3 Å². The van der Waals surface area contributed by atoms with E-state index in [2.05, 4.69) is 0 Å². The topological polar surface area (TPSA) is 83.8 Å². The molecule has 2 aromatic rings. The maximum atomic E-state index is 12.2. The van der Waals surface area contributed by atoms with Gasteiger partial charge in [0.05, 0.1) is 12.7 Å². The molecule has 118 valence electrons. The van der Waals surface area contributed by atoms with Gasteiger partial charge in [-0.3, -0.25) is 9.59 Å². The minimum absolute atomic E-state index is 0.0437. The lowest BCUT2D eigenvalue weighted by Gasteiger charge is -2.05. The second kappa shape index (κ2) is 6.79. The van der Waals surface area contributed by atoms with Crippen LogP contribution < -0.4 is 4.74 Å². The Balaban J connectivity index is 2.32. The predicted molar refractivity (Wildman–Crippen MR) is 86.0 cm³/mol. The van der Waals surface area contributed by atoms with Crippen LogP contribution in [0.25, 0.3) is 5.76 Å². The van der Waals surface area contributed by atoms with Gasteiger partial charge in [-0.15, -0.1) is 0 Å². The van der Waals surface area contributed by atoms with E-state index in [9.17, 15) is 19.8 Å². The molecule has 2 rings (SSSR count). The number of ketones is 2. The molecule has 0 aromatic heterocycles. The highest BCUT2D eigenvalue weighted by Crippen LogP contribution is 2.22. The van der Waals surface area contributed by atoms with Crippen molar-refractivity contribution in [2.75, 3.05) is 7.11 Å². The molecule has 2 aromatic carbocycles. The summed E-state index contributed by atoms with van der Waals surface area (Å²) in [6, 6.07) is 10.5. The molecule has 0 amide bonds. The van der Waals surface area contributed by atoms with Crippen molar-refractivity contribution in [3.63, 3.8) is 0 Å². The van der Waals surface area contributed by atoms with Gasteiger partial charge >= 0.3 is 0 Å². The van der Waals surface area contributed by atoms with Gasteiger partial charge in [0, 0.05) is 17.2 Å². The Kier molecular flexibility index (Phi) is 4.81. The van der Waals surface area contributed by atoms with Gasteiger partial charge in [-0.1, -0.05) is 0 Å². The van der Waals surface area contributed by atoms with Crippen LogP contribution in [-0.4, -0.2) is 28.9 Å². The van der Waals surface area contributed by atoms with E-state index in [0.29, 0.717) is 16.9 Å². The van der Waals surface area contributed by atoms with Crippen molar-refractivity contribution in [2.45, 2.75) is 6.92 Å². The Bertz CT molecular complexity index is 772. The number of ether oxygens (including phenoxy) is 1. The largest absolute Gasteiger partial charge is 0.507 e. The van der Waals surface area contributed by atoms with E-state index in [0.717, 1.165) is 6.08 Å². The molecule has 0 saturated carbocycles. The lowest BCUT2D eigenvalue weighted by atomic mass is 10.0. The van der Waals surface area contributed by atoms with Crippen molar-refractivity contribution < 1.29 is 24.5 Å². The molecular formula is C18H16O5. The van der Waals surface area contributed by atoms with E-state index in [-0.39, 0.29) is 22.9 Å². The lowest BCUT2D eigenvalue weighted by Crippen LogP contribution is -2.01. The van der Waals surface area contributed by atoms with Crippen LogP contribution in [0, 0.1) is 0 Å². The Morgan fingerprint density at radius 1 is 1.04 bits per heavy atom. The van der Waals surface area contributed by atoms with Crippen LogP contribution in [0.4, 0.5) is 0 Å². The first-order valence-electron chi connectivity index (χ1n) is 6.85. The monoisotopic (exact) mass is 312 g/mol. The fraction of sp³-hybridized carbons (Fsp3) is 0.111. The Morgan fingerprint density at radius 3 is 2.22 bits per heavy atom. The molecule has 0 atom stereocenters. The van der Waals surface area contributed by atoms with E-state index in [1.165, 1.54) is 32.2 Å². The van der Waals surface area contributed by atoms with Crippen LogP contribution in [0.2, 0.25) is 0 Å². The molecule has 0 radical (unpaired) electrons. The van der Waals surface area contributed by atoms with Crippen LogP contribution in [0.3, 0.4) is 0 Å². The van der Waals surface area contributed by atoms with Gasteiger partial charge < -0.3 is 14.9 Å². The fourth-order valence-corrected chi connectivity index (χ4v) is 2.00. The molecule has 0 bridgehead atoms. The number of rotatable bonds is 5. The molecule has 0 aliphatic rings. The molecular weight excluding hydrogens is 296 g/mol. The standard InChI is InChI=1S/C18H16O5/c1-11(19)13-5-8-16(20)15(9-13)18(22)10-17(21)12-3-6-14(23-2)7-4-12/h3-10,20-21H,1-2H3/b17-10-. The van der Waals surface area contributed by atoms with Gasteiger partial charge in [-0.2, -0.15) is 0 Å². The molecule has 0 spiro atoms. The van der Waals surface area contributed by atoms with Crippen LogP contribution >= 0.6 is 0 Å². The molecule has 5 nitrogen and oxygen atoms in total. The van der Waals surface area contributed by atoms with Crippen molar-refractivity contribution in [2.24, 2.45) is 0 Å². The number of allylic oxidation sites excluding steroid dienone is 1. The number of hydrogen-bond donors (Lipinski definition) is 2. The highest BCUT2D eigenvalue weighted by molar-refractivity contribution is 6.10. The number of phenols is 1. The molecule has 0 aliphatic carbocycles. The van der Waals surface area contributed by atoms with E-state index in [4.69, 9.17) is 4.74 Å². The third-order valence-corrected chi connectivity index (χ3v) is 3.32. The predicted octanol–water partition coefficient (Wildman–Crippen LogP) is 3.39. The summed E-state index contributed by atoms with van der Waals surface area (Å²) >= 11 is 0. The van der Waals surface area contributed by atoms with Crippen LogP contribution in [0.5, 0.6) is 11.5 Å². The number of aliphatic hydroxyl groups excluding tert-OH is 1. The number of aromatic hydroxyl groups is 1. The lowest BCUT2D eigenvalue weighted by molar-refractivity contribution is 0.101. The summed E-state index contributed by atoms with van der Waals surface area (Å²) in [5, 5.41) is 19.8. The van der Waals surface area contributed by atoms with E-state index < -0.39 is 5.78 Å². The minimum atomic E-state index is -0.598. The van der Waals surface area contributed by atoms with Gasteiger partial charge in [0.1, 0.15) is 17.3 Å². The van der Waals surface area contributed by atoms with Gasteiger partial charge in [-0.05, 0) is 49.4 Å². The number of benzene rings is 2. The van der Waals surface area contributed by atoms with Crippen molar-refractivity contribution in [3.8, 4) is 11.5 Å². The Hall–Kier alpha value is -3.08. The third-order valence-electron chi connectivity index (χ3n) is 3.32. The zero-order valence-corrected chi connectivity index (χ0v) is 12.7. The van der Waals surface area contributed by atoms with Crippen LogP contribution in [0.1, 0.15) is 33.2 Å². The first kappa shape index (κ1) is 16.3. The summed E-state index contributed by atoms with van der Waals surface area (Å²) in [7, 11) is 1.53. The quantitative estimate of drug-likeness (QED) is 0.502. The summed E-state index contributed by atoms with van der Waals surface area (Å²) in [6.45, 7) is 1.37. The average Bonchev–Trinajstić information content (AvgIpc) is 2.54. The maximum absolute atomic E-state index is 12.2. The number of Topliss-reactive ketones (excluding diaryl/α,β-unsaturated/α-hetero) is 1. The number of carbonyl (C=O) groups is 2. The van der Waals surface area contributed by atoms with E-state index in [1.807, 2.05) is 0 Å². The average molecular weight is 312 g/mol. The number of aliphatic hydroxyl groups is 1. The first-order chi connectivity index (χ1) is 10.9. The van der Waals surface area contributed by atoms with Crippen LogP contribution in [-0.2, 0) is 0 Å². The van der Waals surface area contributed by atoms with E-state index >= 15 is 0 Å². The van der Waals surface area contributed by atoms with Crippen LogP contribution in [0.15, 0.2) is 48.5 Å². The smallest absolute Gasteiger partial charge is 0.193 e. The summed E-state index contributed by atoms with van der Waals surface area (Å²) < 4.78 is 5.02. The second-order valence-electron chi connectivity index (χ2n) is 4.91. The number of methoxy groups -OCH3 is 1. The number of carbonyl (C=O) groups excluding carboxylic acids is 2. The zero-order chi connectivity index (χ0) is 17.0. The molecule has 2 N–H and O–H groups in total. The molecule has 5 heteroatoms. The summed E-state index contributed by atoms with van der Waals surface area (Å²) in [4.78, 5) is 23.6. The zero-order valence-electron chi connectivity index (χ0n) is 12.7. The normalized spacial score (nSPS) is 11.1. The molecule has 0 unspecified atom stereocenters. The van der Waals surface area contributed by atoms with Gasteiger partial charge in [-0.25, -0.2) is 0 Å². The second-order valence-corrected chi connectivity index (χ2v) is 4.91.